The summed E-state index contributed by atoms with van der Waals surface area (Å²) in [6.45, 7) is 1.71. The number of carbonyl (C=O) groups is 5. The molecular weight excluding hydrogens is 516 g/mol. The van der Waals surface area contributed by atoms with Gasteiger partial charge in [-0.15, -0.1) is 0 Å². The van der Waals surface area contributed by atoms with Gasteiger partial charge >= 0.3 is 0 Å². The maximum Gasteiger partial charge on any atom is 0.264 e. The fourth-order valence-electron chi connectivity index (χ4n) is 5.27. The first-order valence-corrected chi connectivity index (χ1v) is 12.6. The molecule has 1 atom stereocenters. The molecule has 0 saturated carbocycles. The summed E-state index contributed by atoms with van der Waals surface area (Å²) < 4.78 is 5.70. The molecule has 1 saturated heterocycles. The van der Waals surface area contributed by atoms with E-state index >= 15 is 0 Å². The third-order valence-electron chi connectivity index (χ3n) is 7.21. The molecule has 3 aliphatic heterocycles. The summed E-state index contributed by atoms with van der Waals surface area (Å²) in [5.41, 5.74) is 9.71. The number of nitrogens with two attached hydrogens (primary N) is 1. The number of fused-ring (bicyclic) bond motifs is 2. The van der Waals surface area contributed by atoms with Crippen molar-refractivity contribution in [1.29, 1.82) is 0 Å². The van der Waals surface area contributed by atoms with Crippen molar-refractivity contribution in [2.24, 2.45) is 0 Å². The van der Waals surface area contributed by atoms with Gasteiger partial charge in [0.05, 0.1) is 22.5 Å². The Morgan fingerprint density at radius 2 is 1.82 bits per heavy atom. The van der Waals surface area contributed by atoms with E-state index in [4.69, 9.17) is 10.5 Å². The highest BCUT2D eigenvalue weighted by molar-refractivity contribution is 6.25. The maximum absolute atomic E-state index is 13.6. The molecule has 5 amide bonds. The van der Waals surface area contributed by atoms with Crippen LogP contribution in [-0.2, 0) is 14.4 Å². The monoisotopic (exact) mass is 540 g/mol. The number of benzene rings is 2. The second kappa shape index (κ2) is 9.19. The number of aromatic nitrogens is 1. The first-order chi connectivity index (χ1) is 19.1. The highest BCUT2D eigenvalue weighted by atomic mass is 16.5. The van der Waals surface area contributed by atoms with Crippen LogP contribution >= 0.6 is 0 Å². The fraction of sp³-hybridized carbons (Fsp3) is 0.214. The standard InChI is InChI=1S/C28H24N6O6/c1-13-8-14(9-22(29)30-13)16-10-21-20(33(2)24(36)12-40-21)11-18(16)31-17-5-3-4-15-25(17)28(39)34(27(15)38)19-6-7-23(35)32-26(19)37/h3-5,8-11,19,31H,6-7,12H2,1-2H3,(H2,29,30)(H,32,35,37)/t19-/m0/s1. The molecule has 6 rings (SSSR count). The molecule has 3 aliphatic rings. The third-order valence-corrected chi connectivity index (χ3v) is 7.21. The van der Waals surface area contributed by atoms with E-state index in [0.29, 0.717) is 39.9 Å². The number of pyridine rings is 1. The first kappa shape index (κ1) is 25.0. The smallest absolute Gasteiger partial charge is 0.264 e. The van der Waals surface area contributed by atoms with Crippen molar-refractivity contribution in [3.8, 4) is 16.9 Å². The minimum Gasteiger partial charge on any atom is -0.482 e. The molecule has 202 valence electrons. The molecule has 12 nitrogen and oxygen atoms in total. The second-order valence-electron chi connectivity index (χ2n) is 9.83. The number of nitrogens with one attached hydrogen (secondary N) is 2. The summed E-state index contributed by atoms with van der Waals surface area (Å²) in [7, 11) is 1.64. The number of anilines is 4. The van der Waals surface area contributed by atoms with E-state index in [1.165, 1.54) is 11.0 Å². The number of imide groups is 2. The van der Waals surface area contributed by atoms with Gasteiger partial charge in [0, 0.05) is 30.4 Å². The topological polar surface area (TPSA) is 164 Å². The van der Waals surface area contributed by atoms with Crippen LogP contribution in [0, 0.1) is 6.92 Å². The van der Waals surface area contributed by atoms with E-state index in [2.05, 4.69) is 15.6 Å². The van der Waals surface area contributed by atoms with Gasteiger partial charge in [-0.1, -0.05) is 6.07 Å². The van der Waals surface area contributed by atoms with Gasteiger partial charge in [-0.3, -0.25) is 34.2 Å². The average molecular weight is 541 g/mol. The number of hydrogen-bond acceptors (Lipinski definition) is 9. The summed E-state index contributed by atoms with van der Waals surface area (Å²) in [5.74, 6) is -1.80. The van der Waals surface area contributed by atoms with Crippen LogP contribution < -0.4 is 26.0 Å². The third kappa shape index (κ3) is 4.01. The highest BCUT2D eigenvalue weighted by Crippen LogP contribution is 2.43. The molecule has 0 bridgehead atoms. The summed E-state index contributed by atoms with van der Waals surface area (Å²) in [5, 5.41) is 5.48. The quantitative estimate of drug-likeness (QED) is 0.421. The Morgan fingerprint density at radius 3 is 2.58 bits per heavy atom. The Balaban J connectivity index is 1.45. The summed E-state index contributed by atoms with van der Waals surface area (Å²) >= 11 is 0. The van der Waals surface area contributed by atoms with Crippen molar-refractivity contribution >= 4 is 52.4 Å². The zero-order valence-corrected chi connectivity index (χ0v) is 21.6. The number of carbonyl (C=O) groups excluding carboxylic acids is 5. The van der Waals surface area contributed by atoms with Crippen LogP contribution in [0.25, 0.3) is 11.1 Å². The van der Waals surface area contributed by atoms with Crippen molar-refractivity contribution in [3.63, 3.8) is 0 Å². The molecular formula is C28H24N6O6. The van der Waals surface area contributed by atoms with Crippen LogP contribution in [0.4, 0.5) is 22.9 Å². The van der Waals surface area contributed by atoms with Gasteiger partial charge in [0.15, 0.2) is 6.61 Å². The van der Waals surface area contributed by atoms with Gasteiger partial charge in [0.2, 0.25) is 11.8 Å². The number of nitrogen functional groups attached to an aromatic ring is 1. The normalized spacial score (nSPS) is 18.4. The van der Waals surface area contributed by atoms with Crippen LogP contribution in [0.2, 0.25) is 0 Å². The van der Waals surface area contributed by atoms with E-state index in [-0.39, 0.29) is 36.5 Å². The lowest BCUT2D eigenvalue weighted by Gasteiger charge is -2.28. The van der Waals surface area contributed by atoms with Gasteiger partial charge < -0.3 is 20.7 Å². The van der Waals surface area contributed by atoms with Gasteiger partial charge in [-0.25, -0.2) is 4.98 Å². The predicted octanol–water partition coefficient (Wildman–Crippen LogP) is 2.14. The molecule has 4 heterocycles. The predicted molar refractivity (Wildman–Crippen MR) is 144 cm³/mol. The number of likely N-dealkylation sites (N-methyl/N-ethyl adjacent to an activating group) is 1. The lowest BCUT2D eigenvalue weighted by atomic mass is 10.00. The molecule has 1 fully saturated rings. The Morgan fingerprint density at radius 1 is 1.02 bits per heavy atom. The highest BCUT2D eigenvalue weighted by Gasteiger charge is 2.45. The SMILES string of the molecule is Cc1cc(-c2cc3c(cc2Nc2cccc4c2C(=O)N([C@H]2CCC(=O)NC2=O)C4=O)N(C)C(=O)CO3)cc(N)n1. The zero-order chi connectivity index (χ0) is 28.3. The van der Waals surface area contributed by atoms with Crippen molar-refractivity contribution in [2.75, 3.05) is 29.6 Å². The molecule has 40 heavy (non-hydrogen) atoms. The molecule has 3 aromatic rings. The Kier molecular flexibility index (Phi) is 5.75. The second-order valence-corrected chi connectivity index (χ2v) is 9.83. The molecule has 0 radical (unpaired) electrons. The lowest BCUT2D eigenvalue weighted by Crippen LogP contribution is -2.54. The number of rotatable bonds is 4. The van der Waals surface area contributed by atoms with Crippen LogP contribution in [0.15, 0.2) is 42.5 Å². The Bertz CT molecular complexity index is 1650. The van der Waals surface area contributed by atoms with Crippen LogP contribution in [0.1, 0.15) is 39.3 Å². The van der Waals surface area contributed by atoms with Crippen LogP contribution in [0.5, 0.6) is 5.75 Å². The van der Waals surface area contributed by atoms with Crippen molar-refractivity contribution in [2.45, 2.75) is 25.8 Å². The Hall–Kier alpha value is -5.26. The first-order valence-electron chi connectivity index (χ1n) is 12.6. The molecule has 1 aromatic heterocycles. The summed E-state index contributed by atoms with van der Waals surface area (Å²) in [6, 6.07) is 10.8. The van der Waals surface area contributed by atoms with Crippen LogP contribution in [-0.4, -0.2) is 59.1 Å². The molecule has 0 unspecified atom stereocenters. The van der Waals surface area contributed by atoms with E-state index in [1.807, 2.05) is 13.0 Å². The Labute approximate surface area is 228 Å². The lowest BCUT2D eigenvalue weighted by molar-refractivity contribution is -0.136. The van der Waals surface area contributed by atoms with E-state index < -0.39 is 29.7 Å². The number of amides is 5. The number of ether oxygens (including phenoxy) is 1. The van der Waals surface area contributed by atoms with Gasteiger partial charge in [0.25, 0.3) is 17.7 Å². The van der Waals surface area contributed by atoms with E-state index in [1.54, 1.807) is 37.4 Å². The van der Waals surface area contributed by atoms with E-state index in [9.17, 15) is 24.0 Å². The van der Waals surface area contributed by atoms with Crippen molar-refractivity contribution in [1.82, 2.24) is 15.2 Å². The largest absolute Gasteiger partial charge is 0.482 e. The van der Waals surface area contributed by atoms with Crippen LogP contribution in [0.3, 0.4) is 0 Å². The minimum atomic E-state index is -1.09. The fourth-order valence-corrected chi connectivity index (χ4v) is 5.27. The molecule has 0 aliphatic carbocycles. The van der Waals surface area contributed by atoms with Crippen molar-refractivity contribution in [3.05, 3.63) is 59.3 Å². The van der Waals surface area contributed by atoms with Gasteiger partial charge in [0.1, 0.15) is 17.6 Å². The molecule has 4 N–H and O–H groups in total. The van der Waals surface area contributed by atoms with Gasteiger partial charge in [-0.05, 0) is 55.3 Å². The average Bonchev–Trinajstić information content (AvgIpc) is 3.16. The number of hydrogen-bond donors (Lipinski definition) is 3. The van der Waals surface area contributed by atoms with Gasteiger partial charge in [-0.2, -0.15) is 0 Å². The van der Waals surface area contributed by atoms with E-state index in [0.717, 1.165) is 10.5 Å². The zero-order valence-electron chi connectivity index (χ0n) is 21.6. The number of nitrogens with zero attached hydrogens (tertiary/aromatic N) is 3. The molecule has 2 aromatic carbocycles. The maximum atomic E-state index is 13.6. The summed E-state index contributed by atoms with van der Waals surface area (Å²) in [4.78, 5) is 70.1. The minimum absolute atomic E-state index is 0.0240. The summed E-state index contributed by atoms with van der Waals surface area (Å²) in [6.07, 6.45) is 0.0766. The molecule has 0 spiro atoms. The molecule has 12 heteroatoms. The number of aryl methyl sites for hydroxylation is 1. The van der Waals surface area contributed by atoms with Crippen molar-refractivity contribution < 1.29 is 28.7 Å². The number of piperidine rings is 1.